The first-order chi connectivity index (χ1) is 16.4. The van der Waals surface area contributed by atoms with Gasteiger partial charge in [-0.25, -0.2) is 0 Å². The first kappa shape index (κ1) is 25.6. The summed E-state index contributed by atoms with van der Waals surface area (Å²) in [6, 6.07) is 0. The van der Waals surface area contributed by atoms with E-state index in [0.29, 0.717) is 5.41 Å². The monoisotopic (exact) mass is 470 g/mol. The highest BCUT2D eigenvalue weighted by Gasteiger charge is 2.51. The summed E-state index contributed by atoms with van der Waals surface area (Å²) in [5.41, 5.74) is 0.437. The molecule has 0 aromatic rings. The molecule has 1 N–H and O–H groups in total. The lowest BCUT2D eigenvalue weighted by Gasteiger charge is -2.49. The van der Waals surface area contributed by atoms with Crippen LogP contribution in [0.15, 0.2) is 0 Å². The Labute approximate surface area is 212 Å². The van der Waals surface area contributed by atoms with Crippen LogP contribution in [0.5, 0.6) is 0 Å². The first-order valence-electron chi connectivity index (χ1n) is 16.1. The zero-order chi connectivity index (χ0) is 23.7. The summed E-state index contributed by atoms with van der Waals surface area (Å²) in [7, 11) is 0. The number of hydrogen-bond acceptors (Lipinski definition) is 1. The molecule has 196 valence electrons. The molecule has 0 heterocycles. The highest BCUT2D eigenvalue weighted by molar-refractivity contribution is 5.01. The summed E-state index contributed by atoms with van der Waals surface area (Å²) in [4.78, 5) is 0. The molecule has 0 spiro atoms. The zero-order valence-electron chi connectivity index (χ0n) is 23.2. The maximum Gasteiger partial charge on any atom is 0.0548 e. The van der Waals surface area contributed by atoms with E-state index in [1.54, 1.807) is 32.1 Å². The van der Waals surface area contributed by atoms with Gasteiger partial charge in [-0.1, -0.05) is 78.6 Å². The van der Waals surface area contributed by atoms with Crippen molar-refractivity contribution in [3.63, 3.8) is 0 Å². The fourth-order valence-electron chi connectivity index (χ4n) is 10.6. The number of hydrogen-bond donors (Lipinski definition) is 1. The second kappa shape index (κ2) is 11.1. The van der Waals surface area contributed by atoms with E-state index < -0.39 is 0 Å². The van der Waals surface area contributed by atoms with Crippen LogP contribution in [0.4, 0.5) is 0 Å². The van der Waals surface area contributed by atoms with E-state index in [-0.39, 0.29) is 6.10 Å². The van der Waals surface area contributed by atoms with E-state index in [2.05, 4.69) is 20.8 Å². The van der Waals surface area contributed by atoms with Gasteiger partial charge in [0.1, 0.15) is 0 Å². The molecule has 5 unspecified atom stereocenters. The zero-order valence-corrected chi connectivity index (χ0v) is 23.2. The smallest absolute Gasteiger partial charge is 0.0548 e. The minimum absolute atomic E-state index is 0.0305. The van der Waals surface area contributed by atoms with Crippen LogP contribution in [-0.4, -0.2) is 11.2 Å². The van der Waals surface area contributed by atoms with Crippen LogP contribution in [0.1, 0.15) is 143 Å². The number of aliphatic hydroxyl groups is 1. The Morgan fingerprint density at radius 2 is 1.26 bits per heavy atom. The predicted octanol–water partition coefficient (Wildman–Crippen LogP) is 9.42. The number of rotatable bonds is 4. The Bertz CT molecular complexity index is 634. The molecule has 0 amide bonds. The van der Waals surface area contributed by atoms with Crippen LogP contribution in [-0.2, 0) is 0 Å². The van der Waals surface area contributed by atoms with Gasteiger partial charge in [0.15, 0.2) is 0 Å². The molecule has 0 aromatic heterocycles. The third-order valence-electron chi connectivity index (χ3n) is 12.9. The molecule has 0 aromatic carbocycles. The SMILES string of the molecule is CC1CC[C@@H](C)CCCCC1C[C@]1(C2CCC(C3CC[C@H]4CCCC4C3)CC2)CC(O)C[C@@H]1C. The molecule has 1 nitrogen and oxygen atoms in total. The third kappa shape index (κ3) is 5.45. The van der Waals surface area contributed by atoms with Gasteiger partial charge in [-0.05, 0) is 123 Å². The fourth-order valence-corrected chi connectivity index (χ4v) is 10.6. The van der Waals surface area contributed by atoms with Gasteiger partial charge in [-0.3, -0.25) is 0 Å². The summed E-state index contributed by atoms with van der Waals surface area (Å²) in [6.45, 7) is 7.61. The van der Waals surface area contributed by atoms with Crippen molar-refractivity contribution in [2.45, 2.75) is 149 Å². The molecule has 0 bridgehead atoms. The molecular weight excluding hydrogens is 412 g/mol. The molecule has 5 rings (SSSR count). The maximum absolute atomic E-state index is 10.9. The standard InChI is InChI=1S/C33H58O/c1-23-7-4-5-8-30(24(2)12-11-23)21-33(22-32(34)19-25(33)3)31-17-15-27(16-18-31)29-14-13-26-9-6-10-28(26)20-29/h23-32,34H,4-22H2,1-3H3/t23-,24?,25-,26+,27?,28?,29?,30?,31?,32?,33-/m0/s1. The Kier molecular flexibility index (Phi) is 8.39. The Morgan fingerprint density at radius 1 is 0.618 bits per heavy atom. The number of aliphatic hydroxyl groups excluding tert-OH is 1. The quantitative estimate of drug-likeness (QED) is 0.434. The molecule has 0 saturated heterocycles. The van der Waals surface area contributed by atoms with Crippen molar-refractivity contribution in [1.82, 2.24) is 0 Å². The van der Waals surface area contributed by atoms with E-state index in [1.165, 1.54) is 77.0 Å². The minimum atomic E-state index is -0.0305. The molecule has 5 aliphatic carbocycles. The maximum atomic E-state index is 10.9. The predicted molar refractivity (Wildman–Crippen MR) is 145 cm³/mol. The average molecular weight is 471 g/mol. The summed E-state index contributed by atoms with van der Waals surface area (Å²) in [5, 5.41) is 10.9. The normalized spacial score (nSPS) is 50.8. The summed E-state index contributed by atoms with van der Waals surface area (Å²) >= 11 is 0. The van der Waals surface area contributed by atoms with Crippen molar-refractivity contribution in [2.24, 2.45) is 58.7 Å². The second-order valence-electron chi connectivity index (χ2n) is 14.8. The van der Waals surface area contributed by atoms with Crippen LogP contribution >= 0.6 is 0 Å². The first-order valence-corrected chi connectivity index (χ1v) is 16.1. The molecule has 9 atom stereocenters. The molecule has 1 heteroatoms. The van der Waals surface area contributed by atoms with Gasteiger partial charge in [0.05, 0.1) is 6.10 Å². The highest BCUT2D eigenvalue weighted by Crippen LogP contribution is 2.59. The second-order valence-corrected chi connectivity index (χ2v) is 14.8. The summed E-state index contributed by atoms with van der Waals surface area (Å²) < 4.78 is 0. The molecular formula is C33H58O. The topological polar surface area (TPSA) is 20.2 Å². The Hall–Kier alpha value is -0.0400. The Balaban J connectivity index is 1.24. The van der Waals surface area contributed by atoms with Crippen molar-refractivity contribution in [3.05, 3.63) is 0 Å². The van der Waals surface area contributed by atoms with Gasteiger partial charge < -0.3 is 5.11 Å². The van der Waals surface area contributed by atoms with Crippen LogP contribution in [0.25, 0.3) is 0 Å². The Morgan fingerprint density at radius 3 is 2.03 bits per heavy atom. The van der Waals surface area contributed by atoms with E-state index in [4.69, 9.17) is 0 Å². The largest absolute Gasteiger partial charge is 0.393 e. The summed E-state index contributed by atoms with van der Waals surface area (Å²) in [6.07, 6.45) is 27.6. The van der Waals surface area contributed by atoms with Gasteiger partial charge in [0.25, 0.3) is 0 Å². The third-order valence-corrected chi connectivity index (χ3v) is 12.9. The number of fused-ring (bicyclic) bond motifs is 1. The molecule has 0 radical (unpaired) electrons. The summed E-state index contributed by atoms with van der Waals surface area (Å²) in [5.74, 6) is 8.59. The molecule has 5 saturated carbocycles. The average Bonchev–Trinajstić information content (AvgIpc) is 3.43. The lowest BCUT2D eigenvalue weighted by Crippen LogP contribution is -2.40. The van der Waals surface area contributed by atoms with Gasteiger partial charge in [0, 0.05) is 0 Å². The van der Waals surface area contributed by atoms with Crippen LogP contribution in [0, 0.1) is 58.7 Å². The van der Waals surface area contributed by atoms with Gasteiger partial charge in [-0.15, -0.1) is 0 Å². The van der Waals surface area contributed by atoms with Crippen molar-refractivity contribution in [2.75, 3.05) is 0 Å². The van der Waals surface area contributed by atoms with Gasteiger partial charge in [0.2, 0.25) is 0 Å². The lowest BCUT2D eigenvalue weighted by molar-refractivity contribution is 0.00561. The van der Waals surface area contributed by atoms with E-state index in [9.17, 15) is 5.11 Å². The van der Waals surface area contributed by atoms with Gasteiger partial charge >= 0.3 is 0 Å². The van der Waals surface area contributed by atoms with Crippen molar-refractivity contribution >= 4 is 0 Å². The van der Waals surface area contributed by atoms with Crippen LogP contribution in [0.2, 0.25) is 0 Å². The van der Waals surface area contributed by atoms with E-state index in [0.717, 1.165) is 66.1 Å². The molecule has 34 heavy (non-hydrogen) atoms. The van der Waals surface area contributed by atoms with Gasteiger partial charge in [-0.2, -0.15) is 0 Å². The van der Waals surface area contributed by atoms with Crippen molar-refractivity contribution in [1.29, 1.82) is 0 Å². The van der Waals surface area contributed by atoms with Crippen molar-refractivity contribution < 1.29 is 5.11 Å². The van der Waals surface area contributed by atoms with Crippen LogP contribution in [0.3, 0.4) is 0 Å². The fraction of sp³-hybridized carbons (Fsp3) is 1.00. The molecule has 5 aliphatic rings. The lowest BCUT2D eigenvalue weighted by atomic mass is 9.56. The minimum Gasteiger partial charge on any atom is -0.393 e. The molecule has 5 fully saturated rings. The van der Waals surface area contributed by atoms with Crippen molar-refractivity contribution in [3.8, 4) is 0 Å². The van der Waals surface area contributed by atoms with E-state index in [1.807, 2.05) is 0 Å². The van der Waals surface area contributed by atoms with E-state index >= 15 is 0 Å². The van der Waals surface area contributed by atoms with Crippen LogP contribution < -0.4 is 0 Å². The highest BCUT2D eigenvalue weighted by atomic mass is 16.3. The molecule has 0 aliphatic heterocycles.